The van der Waals surface area contributed by atoms with E-state index in [4.69, 9.17) is 0 Å². The summed E-state index contributed by atoms with van der Waals surface area (Å²) in [6.07, 6.45) is 2.19. The molecule has 0 radical (unpaired) electrons. The van der Waals surface area contributed by atoms with Crippen LogP contribution in [0.2, 0.25) is 0 Å². The maximum atomic E-state index is 13.1. The number of para-hydroxylation sites is 1. The van der Waals surface area contributed by atoms with Gasteiger partial charge in [0.2, 0.25) is 0 Å². The zero-order valence-corrected chi connectivity index (χ0v) is 18.1. The van der Waals surface area contributed by atoms with Gasteiger partial charge in [0.15, 0.2) is 6.29 Å². The number of nitrogens with one attached hydrogen (secondary N) is 1. The number of hydrogen-bond acceptors (Lipinski definition) is 5. The van der Waals surface area contributed by atoms with Crippen LogP contribution in [0.1, 0.15) is 55.9 Å². The Morgan fingerprint density at radius 3 is 2.40 bits per heavy atom. The Kier molecular flexibility index (Phi) is 6.87. The van der Waals surface area contributed by atoms with Crippen molar-refractivity contribution in [3.63, 3.8) is 0 Å². The third-order valence-corrected chi connectivity index (χ3v) is 6.30. The van der Waals surface area contributed by atoms with Crippen LogP contribution in [-0.2, 0) is 0 Å². The van der Waals surface area contributed by atoms with E-state index in [1.54, 1.807) is 10.6 Å². The van der Waals surface area contributed by atoms with Crippen molar-refractivity contribution in [1.82, 2.24) is 14.8 Å². The van der Waals surface area contributed by atoms with E-state index >= 15 is 0 Å². The molecule has 4 rings (SSSR count). The number of aliphatic hydroxyl groups is 2. The minimum absolute atomic E-state index is 0. The van der Waals surface area contributed by atoms with Gasteiger partial charge in [-0.25, -0.2) is 0 Å². The van der Waals surface area contributed by atoms with E-state index < -0.39 is 6.29 Å². The molecule has 2 bridgehead atoms. The van der Waals surface area contributed by atoms with Crippen molar-refractivity contribution < 1.29 is 15.0 Å². The molecule has 3 heterocycles. The predicted molar refractivity (Wildman–Crippen MR) is 118 cm³/mol. The predicted octanol–water partition coefficient (Wildman–Crippen LogP) is 2.04. The number of benzene rings is 1. The van der Waals surface area contributed by atoms with Gasteiger partial charge in [-0.15, -0.1) is 12.4 Å². The number of carbonyl (C=O) groups excluding carboxylic acids is 1. The lowest BCUT2D eigenvalue weighted by Crippen LogP contribution is -2.52. The van der Waals surface area contributed by atoms with Crippen LogP contribution in [0.3, 0.4) is 0 Å². The zero-order chi connectivity index (χ0) is 20.7. The Morgan fingerprint density at radius 2 is 1.80 bits per heavy atom. The molecule has 0 unspecified atom stereocenters. The Hall–Kier alpha value is -1.93. The number of aromatic nitrogens is 1. The smallest absolute Gasteiger partial charge is 0.264 e. The summed E-state index contributed by atoms with van der Waals surface area (Å²) in [7, 11) is 0. The summed E-state index contributed by atoms with van der Waals surface area (Å²) >= 11 is 0. The molecular weight excluding hydrogens is 406 g/mol. The monoisotopic (exact) mass is 435 g/mol. The van der Waals surface area contributed by atoms with Crippen molar-refractivity contribution >= 4 is 29.2 Å². The highest BCUT2D eigenvalue weighted by molar-refractivity contribution is 5.97. The van der Waals surface area contributed by atoms with Gasteiger partial charge in [-0.3, -0.25) is 14.5 Å². The Morgan fingerprint density at radius 1 is 1.17 bits per heavy atom. The van der Waals surface area contributed by atoms with E-state index in [0.717, 1.165) is 36.6 Å². The first-order valence-electron chi connectivity index (χ1n) is 10.4. The normalized spacial score (nSPS) is 23.7. The molecule has 8 heteroatoms. The molecule has 30 heavy (non-hydrogen) atoms. The van der Waals surface area contributed by atoms with Crippen molar-refractivity contribution in [2.45, 2.75) is 70.0 Å². The first-order valence-corrected chi connectivity index (χ1v) is 10.4. The average Bonchev–Trinajstić information content (AvgIpc) is 2.88. The Balaban J connectivity index is 0.00000256. The van der Waals surface area contributed by atoms with Gasteiger partial charge in [0.05, 0.1) is 5.52 Å². The molecule has 1 aromatic heterocycles. The molecule has 0 spiro atoms. The summed E-state index contributed by atoms with van der Waals surface area (Å²) in [6.45, 7) is 4.14. The van der Waals surface area contributed by atoms with Gasteiger partial charge in [0.25, 0.3) is 11.5 Å². The van der Waals surface area contributed by atoms with E-state index in [1.807, 2.05) is 38.1 Å². The van der Waals surface area contributed by atoms with Crippen LogP contribution >= 0.6 is 12.4 Å². The van der Waals surface area contributed by atoms with Crippen LogP contribution in [0.5, 0.6) is 0 Å². The van der Waals surface area contributed by atoms with Crippen molar-refractivity contribution in [2.75, 3.05) is 6.54 Å². The molecular formula is C22H30ClN3O4. The first kappa shape index (κ1) is 22.7. The topological polar surface area (TPSA) is 94.8 Å². The largest absolute Gasteiger partial charge is 0.367 e. The molecule has 7 nitrogen and oxygen atoms in total. The summed E-state index contributed by atoms with van der Waals surface area (Å²) < 4.78 is 1.68. The fourth-order valence-corrected chi connectivity index (χ4v) is 5.10. The molecule has 1 aromatic carbocycles. The van der Waals surface area contributed by atoms with Gasteiger partial charge < -0.3 is 20.1 Å². The number of nitrogens with zero attached hydrogens (tertiary/aromatic N) is 2. The van der Waals surface area contributed by atoms with E-state index in [9.17, 15) is 19.8 Å². The molecule has 0 aliphatic carbocycles. The van der Waals surface area contributed by atoms with Crippen LogP contribution in [0.15, 0.2) is 35.1 Å². The summed E-state index contributed by atoms with van der Waals surface area (Å²) in [5, 5.41) is 22.6. The molecule has 2 aliphatic heterocycles. The fraction of sp³-hybridized carbons (Fsp3) is 0.545. The minimum atomic E-state index is -1.34. The van der Waals surface area contributed by atoms with Gasteiger partial charge in [-0.05, 0) is 57.0 Å². The van der Waals surface area contributed by atoms with E-state index in [1.165, 1.54) is 0 Å². The molecule has 1 amide bonds. The molecule has 2 saturated heterocycles. The highest BCUT2D eigenvalue weighted by Gasteiger charge is 2.41. The zero-order valence-electron chi connectivity index (χ0n) is 17.3. The number of halogens is 1. The van der Waals surface area contributed by atoms with Crippen molar-refractivity contribution in [1.29, 1.82) is 0 Å². The maximum absolute atomic E-state index is 13.1. The average molecular weight is 436 g/mol. The Bertz CT molecular complexity index is 960. The third-order valence-electron chi connectivity index (χ3n) is 6.30. The molecule has 2 aliphatic rings. The summed E-state index contributed by atoms with van der Waals surface area (Å²) in [5.74, 6) is -0.324. The van der Waals surface area contributed by atoms with Gasteiger partial charge in [-0.2, -0.15) is 0 Å². The van der Waals surface area contributed by atoms with Crippen molar-refractivity contribution in [3.8, 4) is 0 Å². The van der Waals surface area contributed by atoms with Crippen LogP contribution in [0.25, 0.3) is 10.9 Å². The van der Waals surface area contributed by atoms with E-state index in [-0.39, 0.29) is 60.1 Å². The lowest BCUT2D eigenvalue weighted by atomic mass is 9.96. The maximum Gasteiger partial charge on any atom is 0.264 e. The molecule has 164 valence electrons. The van der Waals surface area contributed by atoms with E-state index in [0.29, 0.717) is 0 Å². The molecule has 3 N–H and O–H groups in total. The third kappa shape index (κ3) is 4.25. The quantitative estimate of drug-likeness (QED) is 0.625. The second-order valence-electron chi connectivity index (χ2n) is 8.59. The highest BCUT2D eigenvalue weighted by atomic mass is 35.5. The fourth-order valence-electron chi connectivity index (χ4n) is 5.10. The van der Waals surface area contributed by atoms with Gasteiger partial charge >= 0.3 is 0 Å². The number of hydrogen-bond donors (Lipinski definition) is 3. The second-order valence-corrected chi connectivity index (χ2v) is 8.59. The number of rotatable bonds is 5. The number of pyridine rings is 1. The van der Waals surface area contributed by atoms with Crippen molar-refractivity contribution in [2.24, 2.45) is 0 Å². The van der Waals surface area contributed by atoms with Crippen molar-refractivity contribution in [3.05, 3.63) is 46.2 Å². The second kappa shape index (κ2) is 9.06. The van der Waals surface area contributed by atoms with Crippen LogP contribution < -0.4 is 10.9 Å². The Labute approximate surface area is 182 Å². The lowest BCUT2D eigenvalue weighted by molar-refractivity contribution is -0.0759. The van der Waals surface area contributed by atoms with Gasteiger partial charge in [0, 0.05) is 30.7 Å². The van der Waals surface area contributed by atoms with Crippen LogP contribution in [0, 0.1) is 0 Å². The molecule has 2 aromatic rings. The van der Waals surface area contributed by atoms with Gasteiger partial charge in [0.1, 0.15) is 5.56 Å². The number of carbonyl (C=O) groups is 1. The van der Waals surface area contributed by atoms with Crippen LogP contribution in [0.4, 0.5) is 0 Å². The number of aliphatic hydroxyl groups excluding tert-OH is 1. The summed E-state index contributed by atoms with van der Waals surface area (Å²) in [6, 6.07) is 9.74. The number of amides is 1. The number of fused-ring (bicyclic) bond motifs is 3. The number of piperidine rings is 1. The lowest BCUT2D eigenvalue weighted by Gasteiger charge is -2.39. The first-order chi connectivity index (χ1) is 13.8. The summed E-state index contributed by atoms with van der Waals surface area (Å²) in [5.41, 5.74) is 0.746. The van der Waals surface area contributed by atoms with Crippen LogP contribution in [-0.4, -0.2) is 56.5 Å². The summed E-state index contributed by atoms with van der Waals surface area (Å²) in [4.78, 5) is 28.2. The van der Waals surface area contributed by atoms with Gasteiger partial charge in [-0.1, -0.05) is 18.2 Å². The highest BCUT2D eigenvalue weighted by Crippen LogP contribution is 2.35. The molecule has 3 atom stereocenters. The SMILES string of the molecule is CC(C)n1c(=O)c(C(=O)N[C@@H]2C[C@H]3CC[C@@H](C2)N3CC(O)O)cc2ccccc21.Cl. The minimum Gasteiger partial charge on any atom is -0.367 e. The molecule has 0 saturated carbocycles. The molecule has 2 fully saturated rings. The standard InChI is InChI=1S/C22H29N3O4.ClH/c1-13(2)25-19-6-4-3-5-14(19)9-18(22(25)29)21(28)23-15-10-16-7-8-17(11-15)24(16)12-20(26)27;/h3-6,9,13,15-17,20,26-27H,7-8,10-12H2,1-2H3,(H,23,28);1H/t15-,16-,17+;. The van der Waals surface area contributed by atoms with E-state index in [2.05, 4.69) is 10.2 Å².